The monoisotopic (exact) mass is 824 g/mol. The van der Waals surface area contributed by atoms with E-state index >= 15 is 8.78 Å². The number of piperazine rings is 1. The molecule has 1 unspecified atom stereocenters. The Kier molecular flexibility index (Phi) is 9.83. The van der Waals surface area contributed by atoms with Crippen molar-refractivity contribution < 1.29 is 32.8 Å². The summed E-state index contributed by atoms with van der Waals surface area (Å²) in [6, 6.07) is 12.1. The maximum absolute atomic E-state index is 15.7. The Hall–Kier alpha value is -5.59. The SMILES string of the molecule is [C-]#[N+]c1ccc(N2CC3(CCN(c4ccc(C(=O)N5CCN(C6CN(c7cc8c(cc7F)C(=O)N(C7CCC(=O)NC7=O)C8=O)C6)CC5)cc4F)CC3)C[C@@H]2C)cc1Cl. The van der Waals surface area contributed by atoms with Crippen LogP contribution in [-0.4, -0.2) is 121 Å². The molecule has 2 atom stereocenters. The van der Waals surface area contributed by atoms with E-state index in [0.29, 0.717) is 80.4 Å². The third kappa shape index (κ3) is 6.85. The molecular formula is C43H43ClF2N8O5. The van der Waals surface area contributed by atoms with Gasteiger partial charge < -0.3 is 19.6 Å². The second kappa shape index (κ2) is 14.9. The van der Waals surface area contributed by atoms with Gasteiger partial charge in [0.05, 0.1) is 29.1 Å². The van der Waals surface area contributed by atoms with Crippen LogP contribution in [0.25, 0.3) is 4.85 Å². The van der Waals surface area contributed by atoms with Gasteiger partial charge in [0.2, 0.25) is 17.5 Å². The molecule has 9 rings (SSSR count). The molecule has 5 saturated heterocycles. The summed E-state index contributed by atoms with van der Waals surface area (Å²) in [5.74, 6) is -3.92. The highest BCUT2D eigenvalue weighted by molar-refractivity contribution is 6.33. The fraction of sp³-hybridized carbons (Fsp3) is 0.442. The van der Waals surface area contributed by atoms with Gasteiger partial charge in [-0.05, 0) is 80.5 Å². The lowest BCUT2D eigenvalue weighted by Gasteiger charge is -2.49. The highest BCUT2D eigenvalue weighted by atomic mass is 35.5. The van der Waals surface area contributed by atoms with Crippen molar-refractivity contribution in [1.82, 2.24) is 20.0 Å². The van der Waals surface area contributed by atoms with E-state index in [-0.39, 0.29) is 47.0 Å². The summed E-state index contributed by atoms with van der Waals surface area (Å²) in [5.41, 5.74) is 2.50. The second-order valence-corrected chi connectivity index (χ2v) is 17.2. The topological polar surface area (TPSA) is 121 Å². The van der Waals surface area contributed by atoms with Crippen molar-refractivity contribution in [3.05, 3.63) is 93.3 Å². The summed E-state index contributed by atoms with van der Waals surface area (Å²) >= 11 is 6.36. The van der Waals surface area contributed by atoms with Crippen LogP contribution in [0.5, 0.6) is 0 Å². The Bertz CT molecular complexity index is 2330. The highest BCUT2D eigenvalue weighted by Gasteiger charge is 2.47. The van der Waals surface area contributed by atoms with E-state index in [2.05, 4.69) is 31.8 Å². The Morgan fingerprint density at radius 2 is 1.56 bits per heavy atom. The van der Waals surface area contributed by atoms with E-state index < -0.39 is 41.3 Å². The smallest absolute Gasteiger partial charge is 0.262 e. The van der Waals surface area contributed by atoms with Gasteiger partial charge in [-0.2, -0.15) is 0 Å². The predicted molar refractivity (Wildman–Crippen MR) is 216 cm³/mol. The minimum absolute atomic E-state index is 0.00564. The molecule has 0 bridgehead atoms. The summed E-state index contributed by atoms with van der Waals surface area (Å²) in [5, 5.41) is 2.62. The van der Waals surface area contributed by atoms with Gasteiger partial charge in [-0.1, -0.05) is 17.7 Å². The highest BCUT2D eigenvalue weighted by Crippen LogP contribution is 2.46. The molecule has 306 valence electrons. The molecule has 3 aromatic rings. The molecule has 1 N–H and O–H groups in total. The van der Waals surface area contributed by atoms with Crippen LogP contribution in [-0.2, 0) is 9.59 Å². The van der Waals surface area contributed by atoms with E-state index in [1.54, 1.807) is 28.0 Å². The molecule has 1 spiro atoms. The number of piperidine rings is 2. The molecule has 0 aliphatic carbocycles. The number of rotatable bonds is 6. The average molecular weight is 825 g/mol. The molecule has 5 amide bonds. The lowest BCUT2D eigenvalue weighted by molar-refractivity contribution is -0.136. The maximum Gasteiger partial charge on any atom is 0.262 e. The van der Waals surface area contributed by atoms with E-state index in [1.165, 1.54) is 12.1 Å². The Labute approximate surface area is 345 Å². The van der Waals surface area contributed by atoms with Crippen LogP contribution in [0.3, 0.4) is 0 Å². The predicted octanol–water partition coefficient (Wildman–Crippen LogP) is 5.10. The van der Waals surface area contributed by atoms with Crippen molar-refractivity contribution in [2.24, 2.45) is 5.41 Å². The van der Waals surface area contributed by atoms with Crippen LogP contribution < -0.4 is 20.0 Å². The second-order valence-electron chi connectivity index (χ2n) is 16.8. The summed E-state index contributed by atoms with van der Waals surface area (Å²) < 4.78 is 31.1. The molecule has 0 aromatic heterocycles. The lowest BCUT2D eigenvalue weighted by atomic mass is 9.76. The van der Waals surface area contributed by atoms with E-state index in [1.807, 2.05) is 12.1 Å². The minimum Gasteiger partial charge on any atom is -0.369 e. The van der Waals surface area contributed by atoms with Crippen LogP contribution in [0, 0.1) is 23.6 Å². The Morgan fingerprint density at radius 3 is 2.22 bits per heavy atom. The molecule has 5 fully saturated rings. The van der Waals surface area contributed by atoms with Crippen molar-refractivity contribution >= 4 is 63.9 Å². The normalized spacial score (nSPS) is 23.5. The van der Waals surface area contributed by atoms with E-state index in [4.69, 9.17) is 18.2 Å². The molecular weight excluding hydrogens is 782 g/mol. The third-order valence-electron chi connectivity index (χ3n) is 13.3. The van der Waals surface area contributed by atoms with Crippen molar-refractivity contribution in [2.45, 2.75) is 57.2 Å². The van der Waals surface area contributed by atoms with Crippen LogP contribution in [0.15, 0.2) is 48.5 Å². The summed E-state index contributed by atoms with van der Waals surface area (Å²) in [6.07, 6.45) is 2.87. The maximum atomic E-state index is 15.7. The number of hydrogen-bond donors (Lipinski definition) is 1. The first kappa shape index (κ1) is 38.9. The fourth-order valence-corrected chi connectivity index (χ4v) is 10.2. The third-order valence-corrected chi connectivity index (χ3v) is 13.6. The van der Waals surface area contributed by atoms with Crippen molar-refractivity contribution in [1.29, 1.82) is 0 Å². The molecule has 59 heavy (non-hydrogen) atoms. The summed E-state index contributed by atoms with van der Waals surface area (Å²) in [6.45, 7) is 14.9. The van der Waals surface area contributed by atoms with Gasteiger partial charge in [0.1, 0.15) is 17.7 Å². The first-order chi connectivity index (χ1) is 28.3. The zero-order chi connectivity index (χ0) is 41.3. The van der Waals surface area contributed by atoms with Gasteiger partial charge in [-0.3, -0.25) is 39.1 Å². The molecule has 0 radical (unpaired) electrons. The van der Waals surface area contributed by atoms with Gasteiger partial charge >= 0.3 is 0 Å². The Balaban J connectivity index is 0.764. The molecule has 16 heteroatoms. The van der Waals surface area contributed by atoms with Crippen LogP contribution in [0.1, 0.15) is 70.1 Å². The van der Waals surface area contributed by atoms with Gasteiger partial charge in [-0.15, -0.1) is 0 Å². The van der Waals surface area contributed by atoms with Crippen LogP contribution >= 0.6 is 11.6 Å². The number of carbonyl (C=O) groups excluding carboxylic acids is 5. The first-order valence-corrected chi connectivity index (χ1v) is 20.5. The van der Waals surface area contributed by atoms with Gasteiger partial charge in [-0.25, -0.2) is 13.6 Å². The number of fused-ring (bicyclic) bond motifs is 1. The van der Waals surface area contributed by atoms with Crippen molar-refractivity contribution in [2.75, 3.05) is 73.6 Å². The number of carbonyl (C=O) groups is 5. The molecule has 6 heterocycles. The standard InChI is InChI=1S/C43H43ClF2N8O5/c1-25-21-43(24-53(25)27-4-5-34(47-2)31(44)18-27)9-11-50(12-10-43)35-6-3-26(17-32(35)45)40(57)51-15-13-49(14-16-51)28-22-52(23-28)37-20-30-29(19-33(37)46)41(58)54(42(30)59)36-7-8-38(55)48-39(36)56/h3-6,17-20,25,28,36H,7-16,21-24H2,1H3,(H,48,55,56)/t25-,36?/m0/s1. The number of nitrogens with one attached hydrogen (secondary N) is 1. The lowest BCUT2D eigenvalue weighted by Crippen LogP contribution is -2.63. The zero-order valence-electron chi connectivity index (χ0n) is 32.6. The number of amides is 5. The number of nitrogens with zero attached hydrogens (tertiary/aromatic N) is 7. The fourth-order valence-electron chi connectivity index (χ4n) is 9.99. The minimum atomic E-state index is -1.13. The summed E-state index contributed by atoms with van der Waals surface area (Å²) in [7, 11) is 0. The van der Waals surface area contributed by atoms with Crippen LogP contribution in [0.4, 0.5) is 31.5 Å². The zero-order valence-corrected chi connectivity index (χ0v) is 33.3. The number of imide groups is 2. The number of benzene rings is 3. The van der Waals surface area contributed by atoms with Gasteiger partial charge in [0.15, 0.2) is 0 Å². The van der Waals surface area contributed by atoms with Gasteiger partial charge in [0, 0.05) is 93.7 Å². The Morgan fingerprint density at radius 1 is 0.864 bits per heavy atom. The molecule has 6 aliphatic rings. The number of halogens is 3. The molecule has 13 nitrogen and oxygen atoms in total. The van der Waals surface area contributed by atoms with Crippen LogP contribution in [0.2, 0.25) is 5.02 Å². The summed E-state index contributed by atoms with van der Waals surface area (Å²) in [4.78, 5) is 78.4. The average Bonchev–Trinajstić information content (AvgIpc) is 3.65. The molecule has 0 saturated carbocycles. The number of anilines is 3. The molecule has 6 aliphatic heterocycles. The van der Waals surface area contributed by atoms with E-state index in [9.17, 15) is 24.0 Å². The van der Waals surface area contributed by atoms with Crippen molar-refractivity contribution in [3.63, 3.8) is 0 Å². The van der Waals surface area contributed by atoms with Crippen molar-refractivity contribution in [3.8, 4) is 0 Å². The number of hydrogen-bond acceptors (Lipinski definition) is 9. The largest absolute Gasteiger partial charge is 0.369 e. The molecule has 3 aromatic carbocycles. The van der Waals surface area contributed by atoms with E-state index in [0.717, 1.165) is 42.5 Å². The first-order valence-electron chi connectivity index (χ1n) is 20.1. The quantitative estimate of drug-likeness (QED) is 0.268. The van der Waals surface area contributed by atoms with Gasteiger partial charge in [0.25, 0.3) is 17.7 Å².